The number of likely N-dealkylation sites (N-methyl/N-ethyl adjacent to an activating group) is 1. The lowest BCUT2D eigenvalue weighted by atomic mass is 10.1. The molecular weight excluding hydrogens is 402 g/mol. The highest BCUT2D eigenvalue weighted by atomic mass is 16.2. The number of para-hydroxylation sites is 1. The predicted octanol–water partition coefficient (Wildman–Crippen LogP) is 3.70. The largest absolute Gasteiger partial charge is 0.322 e. The van der Waals surface area contributed by atoms with E-state index in [1.165, 1.54) is 6.33 Å². The normalized spacial score (nSPS) is 12.2. The molecule has 32 heavy (non-hydrogen) atoms. The standard InChI is InChI=1S/C24H27N7O/c1-17-24(19(3)31(28-17)22-8-6-5-7-9-22)27-23(32)14-29(4)18(2)20-10-12-21(13-11-20)30-16-25-15-26-30/h5-13,15-16,18H,14H2,1-4H3,(H,27,32). The molecule has 2 aromatic carbocycles. The lowest BCUT2D eigenvalue weighted by Gasteiger charge is -2.24. The highest BCUT2D eigenvalue weighted by Gasteiger charge is 2.19. The van der Waals surface area contributed by atoms with Crippen LogP contribution in [-0.4, -0.2) is 48.9 Å². The van der Waals surface area contributed by atoms with E-state index in [4.69, 9.17) is 0 Å². The molecule has 0 aliphatic rings. The first kappa shape index (κ1) is 21.5. The summed E-state index contributed by atoms with van der Waals surface area (Å²) in [5.74, 6) is -0.0719. The van der Waals surface area contributed by atoms with Crippen LogP contribution in [0.4, 0.5) is 5.69 Å². The third-order valence-electron chi connectivity index (χ3n) is 5.67. The van der Waals surface area contributed by atoms with Crippen LogP contribution < -0.4 is 5.32 Å². The number of nitrogens with one attached hydrogen (secondary N) is 1. The molecule has 1 amide bonds. The maximum absolute atomic E-state index is 12.8. The van der Waals surface area contributed by atoms with E-state index in [-0.39, 0.29) is 18.5 Å². The second-order valence-corrected chi connectivity index (χ2v) is 7.86. The number of hydrogen-bond donors (Lipinski definition) is 1. The van der Waals surface area contributed by atoms with E-state index in [9.17, 15) is 4.79 Å². The van der Waals surface area contributed by atoms with Gasteiger partial charge in [0.1, 0.15) is 12.7 Å². The van der Waals surface area contributed by atoms with Crippen molar-refractivity contribution >= 4 is 11.6 Å². The third kappa shape index (κ3) is 4.45. The topological polar surface area (TPSA) is 80.9 Å². The van der Waals surface area contributed by atoms with Crippen molar-refractivity contribution in [1.82, 2.24) is 29.4 Å². The van der Waals surface area contributed by atoms with Gasteiger partial charge in [-0.1, -0.05) is 30.3 Å². The second-order valence-electron chi connectivity index (χ2n) is 7.86. The number of rotatable bonds is 7. The minimum Gasteiger partial charge on any atom is -0.322 e. The Hall–Kier alpha value is -3.78. The Morgan fingerprint density at radius 2 is 1.78 bits per heavy atom. The average Bonchev–Trinajstić information content (AvgIpc) is 3.44. The van der Waals surface area contributed by atoms with Gasteiger partial charge in [-0.05, 0) is 57.6 Å². The Bertz CT molecular complexity index is 1180. The molecule has 0 bridgehead atoms. The third-order valence-corrected chi connectivity index (χ3v) is 5.67. The summed E-state index contributed by atoms with van der Waals surface area (Å²) in [6.07, 6.45) is 3.18. The van der Waals surface area contributed by atoms with Crippen molar-refractivity contribution in [3.05, 3.63) is 84.2 Å². The minimum absolute atomic E-state index is 0.0692. The Morgan fingerprint density at radius 3 is 2.44 bits per heavy atom. The van der Waals surface area contributed by atoms with Crippen molar-refractivity contribution in [2.45, 2.75) is 26.8 Å². The fourth-order valence-corrected chi connectivity index (χ4v) is 3.69. The molecule has 0 spiro atoms. The Labute approximate surface area is 187 Å². The van der Waals surface area contributed by atoms with Gasteiger partial charge in [-0.3, -0.25) is 9.69 Å². The number of carbonyl (C=O) groups is 1. The zero-order valence-electron chi connectivity index (χ0n) is 18.7. The summed E-state index contributed by atoms with van der Waals surface area (Å²) in [5.41, 5.74) is 5.49. The van der Waals surface area contributed by atoms with Crippen LogP contribution in [0.3, 0.4) is 0 Å². The van der Waals surface area contributed by atoms with Gasteiger partial charge in [-0.25, -0.2) is 14.3 Å². The molecule has 8 heteroatoms. The van der Waals surface area contributed by atoms with Gasteiger partial charge in [0.2, 0.25) is 5.91 Å². The van der Waals surface area contributed by atoms with Crippen LogP contribution in [0.25, 0.3) is 11.4 Å². The SMILES string of the molecule is Cc1nn(-c2ccccc2)c(C)c1NC(=O)CN(C)C(C)c1ccc(-n2cncn2)cc1. The summed E-state index contributed by atoms with van der Waals surface area (Å²) in [5, 5.41) is 11.8. The van der Waals surface area contributed by atoms with Crippen LogP contribution in [0.5, 0.6) is 0 Å². The molecule has 0 aliphatic heterocycles. The van der Waals surface area contributed by atoms with Gasteiger partial charge in [0.25, 0.3) is 0 Å². The van der Waals surface area contributed by atoms with E-state index in [1.54, 1.807) is 11.0 Å². The molecule has 1 atom stereocenters. The van der Waals surface area contributed by atoms with E-state index in [1.807, 2.05) is 85.1 Å². The molecule has 0 aliphatic carbocycles. The Kier molecular flexibility index (Phi) is 6.13. The van der Waals surface area contributed by atoms with Crippen LogP contribution in [0.1, 0.15) is 29.9 Å². The highest BCUT2D eigenvalue weighted by molar-refractivity contribution is 5.93. The van der Waals surface area contributed by atoms with Gasteiger partial charge in [-0.15, -0.1) is 0 Å². The minimum atomic E-state index is -0.0719. The predicted molar refractivity (Wildman–Crippen MR) is 124 cm³/mol. The molecule has 0 fully saturated rings. The Balaban J connectivity index is 1.41. The maximum atomic E-state index is 12.8. The van der Waals surface area contributed by atoms with Gasteiger partial charge < -0.3 is 5.32 Å². The van der Waals surface area contributed by atoms with E-state index >= 15 is 0 Å². The first-order valence-electron chi connectivity index (χ1n) is 10.5. The van der Waals surface area contributed by atoms with Gasteiger partial charge in [0.05, 0.1) is 35.0 Å². The van der Waals surface area contributed by atoms with Gasteiger partial charge >= 0.3 is 0 Å². The number of anilines is 1. The number of benzene rings is 2. The number of nitrogens with zero attached hydrogens (tertiary/aromatic N) is 6. The molecule has 0 radical (unpaired) electrons. The molecule has 2 aromatic heterocycles. The van der Waals surface area contributed by atoms with E-state index < -0.39 is 0 Å². The van der Waals surface area contributed by atoms with Crippen LogP contribution in [0, 0.1) is 13.8 Å². The van der Waals surface area contributed by atoms with E-state index in [0.717, 1.165) is 34.0 Å². The van der Waals surface area contributed by atoms with Crippen molar-refractivity contribution in [2.24, 2.45) is 0 Å². The number of aryl methyl sites for hydroxylation is 1. The summed E-state index contributed by atoms with van der Waals surface area (Å²) in [7, 11) is 1.95. The molecule has 1 unspecified atom stereocenters. The number of aromatic nitrogens is 5. The number of carbonyl (C=O) groups excluding carboxylic acids is 1. The number of hydrogen-bond acceptors (Lipinski definition) is 5. The number of amides is 1. The summed E-state index contributed by atoms with van der Waals surface area (Å²) in [6, 6.07) is 18.1. The summed E-state index contributed by atoms with van der Waals surface area (Å²) >= 11 is 0. The van der Waals surface area contributed by atoms with Crippen molar-refractivity contribution in [2.75, 3.05) is 18.9 Å². The molecule has 8 nitrogen and oxygen atoms in total. The van der Waals surface area contributed by atoms with Crippen molar-refractivity contribution in [3.8, 4) is 11.4 Å². The molecule has 164 valence electrons. The molecule has 4 rings (SSSR count). The first-order chi connectivity index (χ1) is 15.4. The summed E-state index contributed by atoms with van der Waals surface area (Å²) in [6.45, 7) is 6.22. The lowest BCUT2D eigenvalue weighted by molar-refractivity contribution is -0.117. The van der Waals surface area contributed by atoms with Gasteiger partial charge in [-0.2, -0.15) is 10.2 Å². The molecule has 0 saturated carbocycles. The molecular formula is C24H27N7O. The highest BCUT2D eigenvalue weighted by Crippen LogP contribution is 2.24. The molecule has 0 saturated heterocycles. The second kappa shape index (κ2) is 9.15. The molecule has 1 N–H and O–H groups in total. The smallest absolute Gasteiger partial charge is 0.238 e. The lowest BCUT2D eigenvalue weighted by Crippen LogP contribution is -2.32. The quantitative estimate of drug-likeness (QED) is 0.484. The summed E-state index contributed by atoms with van der Waals surface area (Å²) < 4.78 is 3.57. The zero-order valence-corrected chi connectivity index (χ0v) is 18.7. The van der Waals surface area contributed by atoms with Crippen LogP contribution >= 0.6 is 0 Å². The Morgan fingerprint density at radius 1 is 1.06 bits per heavy atom. The van der Waals surface area contributed by atoms with Gasteiger partial charge in [0.15, 0.2) is 0 Å². The fourth-order valence-electron chi connectivity index (χ4n) is 3.69. The van der Waals surface area contributed by atoms with Crippen molar-refractivity contribution in [1.29, 1.82) is 0 Å². The van der Waals surface area contributed by atoms with Crippen molar-refractivity contribution in [3.63, 3.8) is 0 Å². The van der Waals surface area contributed by atoms with Crippen molar-refractivity contribution < 1.29 is 4.79 Å². The van der Waals surface area contributed by atoms with Crippen LogP contribution in [0.15, 0.2) is 67.3 Å². The van der Waals surface area contributed by atoms with Crippen LogP contribution in [0.2, 0.25) is 0 Å². The average molecular weight is 430 g/mol. The molecule has 4 aromatic rings. The zero-order chi connectivity index (χ0) is 22.7. The maximum Gasteiger partial charge on any atom is 0.238 e. The fraction of sp³-hybridized carbons (Fsp3) is 0.250. The first-order valence-corrected chi connectivity index (χ1v) is 10.5. The molecule has 2 heterocycles. The van der Waals surface area contributed by atoms with Gasteiger partial charge in [0, 0.05) is 6.04 Å². The summed E-state index contributed by atoms with van der Waals surface area (Å²) in [4.78, 5) is 18.8. The van der Waals surface area contributed by atoms with E-state index in [0.29, 0.717) is 0 Å². The monoisotopic (exact) mass is 429 g/mol. The van der Waals surface area contributed by atoms with E-state index in [2.05, 4.69) is 27.4 Å². The van der Waals surface area contributed by atoms with Crippen LogP contribution in [-0.2, 0) is 4.79 Å².